The van der Waals surface area contributed by atoms with E-state index >= 15 is 0 Å². The lowest BCUT2D eigenvalue weighted by molar-refractivity contribution is -0.162. The summed E-state index contributed by atoms with van der Waals surface area (Å²) in [7, 11) is 0. The van der Waals surface area contributed by atoms with Gasteiger partial charge in [-0.2, -0.15) is 13.2 Å². The highest BCUT2D eigenvalue weighted by molar-refractivity contribution is 5.94. The van der Waals surface area contributed by atoms with Crippen LogP contribution in [0.3, 0.4) is 0 Å². The summed E-state index contributed by atoms with van der Waals surface area (Å²) in [5, 5.41) is 5.32. The summed E-state index contributed by atoms with van der Waals surface area (Å²) < 4.78 is 36.8. The van der Waals surface area contributed by atoms with Crippen LogP contribution in [0.1, 0.15) is 13.3 Å². The molecule has 7 nitrogen and oxygen atoms in total. The molecule has 1 fully saturated rings. The Hall–Kier alpha value is -2.62. The van der Waals surface area contributed by atoms with Crippen LogP contribution in [0, 0.1) is 0 Å². The van der Waals surface area contributed by atoms with Gasteiger partial charge in [-0.15, -0.1) is 0 Å². The van der Waals surface area contributed by atoms with Crippen molar-refractivity contribution in [3.05, 3.63) is 24.3 Å². The Morgan fingerprint density at radius 3 is 2.19 bits per heavy atom. The van der Waals surface area contributed by atoms with E-state index in [4.69, 9.17) is 0 Å². The number of alkyl halides is 3. The Bertz CT molecular complexity index is 701. The molecule has 0 saturated carbocycles. The second-order valence-corrected chi connectivity index (χ2v) is 6.26. The van der Waals surface area contributed by atoms with Crippen LogP contribution in [0.4, 0.5) is 24.5 Å². The third kappa shape index (κ3) is 7.26. The minimum atomic E-state index is -4.51. The van der Waals surface area contributed by atoms with E-state index in [1.807, 2.05) is 0 Å². The van der Waals surface area contributed by atoms with Crippen molar-refractivity contribution < 1.29 is 27.6 Å². The molecular weight excluding hydrogens is 365 g/mol. The quantitative estimate of drug-likeness (QED) is 0.807. The van der Waals surface area contributed by atoms with Crippen molar-refractivity contribution in [2.75, 3.05) is 43.4 Å². The topological polar surface area (TPSA) is 81.8 Å². The lowest BCUT2D eigenvalue weighted by Gasteiger charge is -2.34. The fourth-order valence-electron chi connectivity index (χ4n) is 2.72. The van der Waals surface area contributed by atoms with Gasteiger partial charge in [-0.1, -0.05) is 6.07 Å². The summed E-state index contributed by atoms with van der Waals surface area (Å²) in [5.41, 5.74) is 1.07. The molecule has 27 heavy (non-hydrogen) atoms. The minimum Gasteiger partial charge on any atom is -0.340 e. The smallest absolute Gasteiger partial charge is 0.340 e. The molecule has 2 rings (SSSR count). The number of carbonyl (C=O) groups excluding carboxylic acids is 3. The Kier molecular flexibility index (Phi) is 6.78. The molecule has 0 atom stereocenters. The predicted molar refractivity (Wildman–Crippen MR) is 93.1 cm³/mol. The molecule has 0 bridgehead atoms. The van der Waals surface area contributed by atoms with E-state index in [1.54, 1.807) is 29.2 Å². The van der Waals surface area contributed by atoms with Crippen LogP contribution in [0.25, 0.3) is 0 Å². The van der Waals surface area contributed by atoms with Crippen LogP contribution < -0.4 is 10.6 Å². The number of anilines is 2. The van der Waals surface area contributed by atoms with Crippen molar-refractivity contribution in [1.82, 2.24) is 9.80 Å². The monoisotopic (exact) mass is 386 g/mol. The fourth-order valence-corrected chi connectivity index (χ4v) is 2.72. The van der Waals surface area contributed by atoms with E-state index in [0.29, 0.717) is 24.5 Å². The molecule has 0 unspecified atom stereocenters. The maximum Gasteiger partial charge on any atom is 0.397 e. The summed E-state index contributed by atoms with van der Waals surface area (Å²) >= 11 is 0. The van der Waals surface area contributed by atoms with Crippen molar-refractivity contribution in [3.8, 4) is 0 Å². The van der Waals surface area contributed by atoms with Crippen molar-refractivity contribution in [3.63, 3.8) is 0 Å². The number of carbonyl (C=O) groups is 3. The maximum atomic E-state index is 12.3. The number of halogens is 3. The van der Waals surface area contributed by atoms with Crippen LogP contribution in [0.15, 0.2) is 24.3 Å². The van der Waals surface area contributed by atoms with Gasteiger partial charge in [0.05, 0.1) is 6.54 Å². The van der Waals surface area contributed by atoms with Gasteiger partial charge in [-0.05, 0) is 18.2 Å². The molecule has 1 saturated heterocycles. The van der Waals surface area contributed by atoms with Gasteiger partial charge in [-0.25, -0.2) is 0 Å². The molecule has 1 aliphatic heterocycles. The molecule has 0 aliphatic carbocycles. The van der Waals surface area contributed by atoms with Crippen LogP contribution in [0.5, 0.6) is 0 Å². The van der Waals surface area contributed by atoms with Crippen LogP contribution in [0.2, 0.25) is 0 Å². The highest BCUT2D eigenvalue weighted by atomic mass is 19.4. The molecule has 2 N–H and O–H groups in total. The zero-order valence-corrected chi connectivity index (χ0v) is 14.8. The van der Waals surface area contributed by atoms with Crippen LogP contribution in [-0.2, 0) is 14.4 Å². The molecule has 1 aromatic rings. The third-order valence-electron chi connectivity index (χ3n) is 3.91. The van der Waals surface area contributed by atoms with Crippen molar-refractivity contribution in [2.45, 2.75) is 19.5 Å². The van der Waals surface area contributed by atoms with E-state index in [0.717, 1.165) is 0 Å². The summed E-state index contributed by atoms with van der Waals surface area (Å²) in [5.74, 6) is -1.46. The van der Waals surface area contributed by atoms with Gasteiger partial charge >= 0.3 is 6.18 Å². The Morgan fingerprint density at radius 1 is 1.04 bits per heavy atom. The molecular formula is C17H21F3N4O3. The van der Waals surface area contributed by atoms with Crippen molar-refractivity contribution in [1.29, 1.82) is 0 Å². The van der Waals surface area contributed by atoms with Gasteiger partial charge in [0.2, 0.25) is 17.7 Å². The molecule has 1 aliphatic rings. The summed E-state index contributed by atoms with van der Waals surface area (Å²) in [6, 6.07) is 6.67. The van der Waals surface area contributed by atoms with E-state index < -0.39 is 18.5 Å². The van der Waals surface area contributed by atoms with Crippen molar-refractivity contribution in [2.24, 2.45) is 0 Å². The second-order valence-electron chi connectivity index (χ2n) is 6.26. The molecule has 0 aromatic heterocycles. The Morgan fingerprint density at radius 2 is 1.63 bits per heavy atom. The first-order valence-corrected chi connectivity index (χ1v) is 8.37. The highest BCUT2D eigenvalue weighted by Gasteiger charge is 2.34. The van der Waals surface area contributed by atoms with Crippen LogP contribution >= 0.6 is 0 Å². The number of nitrogens with zero attached hydrogens (tertiary/aromatic N) is 2. The summed E-state index contributed by atoms with van der Waals surface area (Å²) in [6.45, 7) is 2.39. The standard InChI is InChI=1S/C17H21F3N4O3/c1-12(25)21-13-3-2-4-14(9-13)22-15(26)11-23-5-7-24(8-6-23)16(27)10-17(18,19)20/h2-4,9H,5-8,10-11H2,1H3,(H,21,25)(H,22,26). The summed E-state index contributed by atoms with van der Waals surface area (Å²) in [4.78, 5) is 37.7. The Balaban J connectivity index is 1.79. The van der Waals surface area contributed by atoms with Gasteiger partial charge in [0, 0.05) is 44.5 Å². The zero-order chi connectivity index (χ0) is 20.0. The van der Waals surface area contributed by atoms with E-state index in [-0.39, 0.29) is 31.4 Å². The van der Waals surface area contributed by atoms with E-state index in [2.05, 4.69) is 10.6 Å². The lowest BCUT2D eigenvalue weighted by atomic mass is 10.2. The average molecular weight is 386 g/mol. The van der Waals surface area contributed by atoms with Crippen LogP contribution in [-0.4, -0.2) is 66.4 Å². The molecule has 0 spiro atoms. The number of hydrogen-bond acceptors (Lipinski definition) is 4. The normalized spacial score (nSPS) is 15.3. The predicted octanol–water partition coefficient (Wildman–Crippen LogP) is 1.68. The highest BCUT2D eigenvalue weighted by Crippen LogP contribution is 2.21. The van der Waals surface area contributed by atoms with Crippen molar-refractivity contribution >= 4 is 29.1 Å². The number of amides is 3. The second kappa shape index (κ2) is 8.85. The minimum absolute atomic E-state index is 0.0612. The zero-order valence-electron chi connectivity index (χ0n) is 14.8. The SMILES string of the molecule is CC(=O)Nc1cccc(NC(=O)CN2CCN(C(=O)CC(F)(F)F)CC2)c1. The summed E-state index contributed by atoms with van der Waals surface area (Å²) in [6.07, 6.45) is -5.97. The molecule has 1 heterocycles. The number of benzene rings is 1. The van der Waals surface area contributed by atoms with E-state index in [1.165, 1.54) is 11.8 Å². The Labute approximate surface area is 154 Å². The van der Waals surface area contributed by atoms with Gasteiger partial charge in [-0.3, -0.25) is 19.3 Å². The van der Waals surface area contributed by atoms with Gasteiger partial charge < -0.3 is 15.5 Å². The van der Waals surface area contributed by atoms with E-state index in [9.17, 15) is 27.6 Å². The first-order valence-electron chi connectivity index (χ1n) is 8.37. The molecule has 1 aromatic carbocycles. The largest absolute Gasteiger partial charge is 0.397 e. The fraction of sp³-hybridized carbons (Fsp3) is 0.471. The van der Waals surface area contributed by atoms with Gasteiger partial charge in [0.25, 0.3) is 0 Å². The molecule has 3 amide bonds. The number of hydrogen-bond donors (Lipinski definition) is 2. The lowest BCUT2D eigenvalue weighted by Crippen LogP contribution is -2.51. The first kappa shape index (κ1) is 20.7. The van der Waals surface area contributed by atoms with Gasteiger partial charge in [0.15, 0.2) is 0 Å². The molecule has 10 heteroatoms. The number of rotatable bonds is 5. The number of nitrogens with one attached hydrogen (secondary N) is 2. The molecule has 148 valence electrons. The third-order valence-corrected chi connectivity index (χ3v) is 3.91. The van der Waals surface area contributed by atoms with Gasteiger partial charge in [0.1, 0.15) is 6.42 Å². The first-order chi connectivity index (χ1) is 12.6. The molecule has 0 radical (unpaired) electrons. The number of piperazine rings is 1. The maximum absolute atomic E-state index is 12.3. The average Bonchev–Trinajstić information content (AvgIpc) is 2.53.